The largest absolute Gasteiger partial charge is 0.368 e. The molecule has 1 amide bonds. The van der Waals surface area contributed by atoms with Crippen molar-refractivity contribution in [3.05, 3.63) is 0 Å². The lowest BCUT2D eigenvalue weighted by molar-refractivity contribution is -0.119. The monoisotopic (exact) mass is 148 g/mol. The van der Waals surface area contributed by atoms with Gasteiger partial charge in [0.1, 0.15) is 0 Å². The van der Waals surface area contributed by atoms with Crippen LogP contribution in [-0.2, 0) is 4.79 Å². The highest BCUT2D eigenvalue weighted by atomic mass is 32.1. The molecule has 0 aliphatic carbocycles. The van der Waals surface area contributed by atoms with E-state index in [0.717, 1.165) is 0 Å². The van der Waals surface area contributed by atoms with Gasteiger partial charge in [-0.05, 0) is 13.8 Å². The Morgan fingerprint density at radius 2 is 2.00 bits per heavy atom. The van der Waals surface area contributed by atoms with E-state index in [1.165, 1.54) is 0 Å². The summed E-state index contributed by atoms with van der Waals surface area (Å²) in [5, 5.41) is 0. The third-order valence-corrected chi connectivity index (χ3v) is 1.35. The highest BCUT2D eigenvalue weighted by Crippen LogP contribution is 2.14. The van der Waals surface area contributed by atoms with Crippen LogP contribution in [0.2, 0.25) is 0 Å². The molecule has 1 atom stereocenters. The van der Waals surface area contributed by atoms with Gasteiger partial charge in [-0.2, -0.15) is 12.6 Å². The molecule has 0 aromatic rings. The molecule has 4 N–H and O–H groups in total. The van der Waals surface area contributed by atoms with Gasteiger partial charge in [-0.3, -0.25) is 4.79 Å². The van der Waals surface area contributed by atoms with E-state index in [0.29, 0.717) is 0 Å². The van der Waals surface area contributed by atoms with Crippen LogP contribution in [0.1, 0.15) is 13.8 Å². The quantitative estimate of drug-likeness (QED) is 0.462. The lowest BCUT2D eigenvalue weighted by atomic mass is 10.0. The van der Waals surface area contributed by atoms with Crippen molar-refractivity contribution in [3.8, 4) is 0 Å². The molecular weight excluding hydrogens is 136 g/mol. The number of rotatable bonds is 2. The number of hydrogen-bond donors (Lipinski definition) is 3. The maximum atomic E-state index is 10.4. The predicted molar refractivity (Wildman–Crippen MR) is 40.2 cm³/mol. The summed E-state index contributed by atoms with van der Waals surface area (Å²) in [5.41, 5.74) is 10.3. The van der Waals surface area contributed by atoms with E-state index in [1.54, 1.807) is 13.8 Å². The molecule has 0 radical (unpaired) electrons. The van der Waals surface area contributed by atoms with Crippen LogP contribution in [0, 0.1) is 0 Å². The average molecular weight is 148 g/mol. The second-order valence-corrected chi connectivity index (χ2v) is 3.69. The summed E-state index contributed by atoms with van der Waals surface area (Å²) in [4.78, 5) is 10.4. The van der Waals surface area contributed by atoms with Crippen LogP contribution in [0.25, 0.3) is 0 Å². The number of carbonyl (C=O) groups is 1. The molecule has 0 bridgehead atoms. The van der Waals surface area contributed by atoms with Crippen LogP contribution in [0.15, 0.2) is 0 Å². The summed E-state index contributed by atoms with van der Waals surface area (Å²) in [7, 11) is 0. The van der Waals surface area contributed by atoms with Crippen molar-refractivity contribution in [2.24, 2.45) is 11.5 Å². The molecule has 0 aliphatic heterocycles. The van der Waals surface area contributed by atoms with E-state index in [1.807, 2.05) is 0 Å². The Labute approximate surface area is 60.2 Å². The first-order chi connectivity index (χ1) is 3.85. The van der Waals surface area contributed by atoms with Crippen LogP contribution >= 0.6 is 12.6 Å². The first-order valence-electron chi connectivity index (χ1n) is 2.63. The third-order valence-electron chi connectivity index (χ3n) is 1.07. The molecule has 0 heterocycles. The zero-order chi connectivity index (χ0) is 7.65. The lowest BCUT2D eigenvalue weighted by Crippen LogP contribution is -2.48. The van der Waals surface area contributed by atoms with Gasteiger partial charge in [-0.15, -0.1) is 0 Å². The Bertz CT molecular complexity index is 119. The molecule has 0 saturated heterocycles. The Morgan fingerprint density at radius 1 is 1.67 bits per heavy atom. The van der Waals surface area contributed by atoms with Gasteiger partial charge in [0.25, 0.3) is 0 Å². The molecule has 0 spiro atoms. The van der Waals surface area contributed by atoms with Gasteiger partial charge in [0.05, 0.1) is 6.04 Å². The minimum Gasteiger partial charge on any atom is -0.368 e. The van der Waals surface area contributed by atoms with Crippen molar-refractivity contribution in [2.75, 3.05) is 0 Å². The van der Waals surface area contributed by atoms with Crippen LogP contribution in [0.3, 0.4) is 0 Å². The molecule has 3 nitrogen and oxygen atoms in total. The van der Waals surface area contributed by atoms with Crippen molar-refractivity contribution in [3.63, 3.8) is 0 Å². The molecule has 0 saturated carbocycles. The average Bonchev–Trinajstić information content (AvgIpc) is 1.62. The molecule has 0 aliphatic rings. The smallest absolute Gasteiger partial charge is 0.235 e. The van der Waals surface area contributed by atoms with Crippen molar-refractivity contribution >= 4 is 18.5 Å². The highest BCUT2D eigenvalue weighted by molar-refractivity contribution is 7.81. The topological polar surface area (TPSA) is 69.1 Å². The fourth-order valence-electron chi connectivity index (χ4n) is 0.348. The van der Waals surface area contributed by atoms with E-state index in [2.05, 4.69) is 12.6 Å². The normalized spacial score (nSPS) is 15.1. The highest BCUT2D eigenvalue weighted by Gasteiger charge is 2.25. The number of thiol groups is 1. The van der Waals surface area contributed by atoms with Crippen molar-refractivity contribution in [2.45, 2.75) is 24.6 Å². The number of hydrogen-bond acceptors (Lipinski definition) is 3. The Balaban J connectivity index is 4.04. The summed E-state index contributed by atoms with van der Waals surface area (Å²) in [6.07, 6.45) is 0. The molecule has 0 rings (SSSR count). The second kappa shape index (κ2) is 2.58. The summed E-state index contributed by atoms with van der Waals surface area (Å²) < 4.78 is -0.522. The van der Waals surface area contributed by atoms with Gasteiger partial charge in [0, 0.05) is 4.75 Å². The van der Waals surface area contributed by atoms with Crippen LogP contribution in [0.4, 0.5) is 0 Å². The first-order valence-corrected chi connectivity index (χ1v) is 3.07. The molecule has 0 aromatic heterocycles. The number of amides is 1. The zero-order valence-corrected chi connectivity index (χ0v) is 6.48. The molecule has 0 unspecified atom stereocenters. The summed E-state index contributed by atoms with van der Waals surface area (Å²) >= 11 is 4.06. The summed E-state index contributed by atoms with van der Waals surface area (Å²) in [6, 6.07) is -0.680. The maximum absolute atomic E-state index is 10.4. The van der Waals surface area contributed by atoms with Crippen molar-refractivity contribution in [1.29, 1.82) is 0 Å². The zero-order valence-electron chi connectivity index (χ0n) is 5.59. The Kier molecular flexibility index (Phi) is 2.51. The number of nitrogens with two attached hydrogens (primary N) is 2. The molecule has 4 heteroatoms. The number of primary amides is 1. The molecule has 9 heavy (non-hydrogen) atoms. The minimum absolute atomic E-state index is 0.519. The van der Waals surface area contributed by atoms with Gasteiger partial charge >= 0.3 is 0 Å². The fourth-order valence-corrected chi connectivity index (χ4v) is 0.475. The number of carbonyl (C=O) groups excluding carboxylic acids is 1. The van der Waals surface area contributed by atoms with Gasteiger partial charge in [-0.25, -0.2) is 0 Å². The van der Waals surface area contributed by atoms with Crippen LogP contribution in [0.5, 0.6) is 0 Å². The lowest BCUT2D eigenvalue weighted by Gasteiger charge is -2.22. The van der Waals surface area contributed by atoms with Crippen LogP contribution < -0.4 is 11.5 Å². The van der Waals surface area contributed by atoms with Gasteiger partial charge < -0.3 is 11.5 Å². The minimum atomic E-state index is -0.680. The third kappa shape index (κ3) is 2.72. The van der Waals surface area contributed by atoms with E-state index >= 15 is 0 Å². The Hall–Kier alpha value is -0.220. The standard InChI is InChI=1S/C5H12N2OS/c1-5(2,9)3(6)4(7)8/h3,9H,6H2,1-2H3,(H2,7,8)/t3-/m0/s1. The molecular formula is C5H12N2OS. The van der Waals surface area contributed by atoms with Gasteiger partial charge in [-0.1, -0.05) is 0 Å². The molecule has 0 aromatic carbocycles. The first kappa shape index (κ1) is 8.78. The van der Waals surface area contributed by atoms with Gasteiger partial charge in [0.2, 0.25) is 5.91 Å². The van der Waals surface area contributed by atoms with Crippen molar-refractivity contribution < 1.29 is 4.79 Å². The maximum Gasteiger partial charge on any atom is 0.235 e. The summed E-state index contributed by atoms with van der Waals surface area (Å²) in [5.74, 6) is -0.519. The molecule has 54 valence electrons. The van der Waals surface area contributed by atoms with E-state index in [4.69, 9.17) is 11.5 Å². The van der Waals surface area contributed by atoms with Crippen molar-refractivity contribution in [1.82, 2.24) is 0 Å². The SMILES string of the molecule is CC(C)(S)[C@@H](N)C(N)=O. The predicted octanol–water partition coefficient (Wildman–Crippen LogP) is -0.493. The summed E-state index contributed by atoms with van der Waals surface area (Å²) in [6.45, 7) is 3.48. The fraction of sp³-hybridized carbons (Fsp3) is 0.800. The van der Waals surface area contributed by atoms with Crippen LogP contribution in [-0.4, -0.2) is 16.7 Å². The Morgan fingerprint density at radius 3 is 2.00 bits per heavy atom. The molecule has 0 fully saturated rings. The second-order valence-electron chi connectivity index (χ2n) is 2.53. The van der Waals surface area contributed by atoms with E-state index in [-0.39, 0.29) is 0 Å². The van der Waals surface area contributed by atoms with E-state index < -0.39 is 16.7 Å². The van der Waals surface area contributed by atoms with E-state index in [9.17, 15) is 4.79 Å². The van der Waals surface area contributed by atoms with Gasteiger partial charge in [0.15, 0.2) is 0 Å².